The molecule has 1 N–H and O–H groups in total. The number of sulfonamides is 1. The molecule has 0 aliphatic heterocycles. The molecule has 18 heavy (non-hydrogen) atoms. The van der Waals surface area contributed by atoms with Crippen LogP contribution in [0.3, 0.4) is 0 Å². The number of nitriles is 1. The minimum Gasteiger partial charge on any atom is -0.212 e. The van der Waals surface area contributed by atoms with Gasteiger partial charge in [0.1, 0.15) is 0 Å². The predicted octanol–water partition coefficient (Wildman–Crippen LogP) is 2.02. The quantitative estimate of drug-likeness (QED) is 0.856. The van der Waals surface area contributed by atoms with Crippen molar-refractivity contribution in [3.63, 3.8) is 0 Å². The average molecular weight is 266 g/mol. The van der Waals surface area contributed by atoms with Gasteiger partial charge in [0, 0.05) is 6.54 Å². The number of nitrogens with one attached hydrogen (secondary N) is 1. The Balaban J connectivity index is 2.51. The first-order valence-electron chi connectivity index (χ1n) is 5.89. The first kappa shape index (κ1) is 14.7. The maximum absolute atomic E-state index is 11.7. The number of benzene rings is 1. The number of hydrogen-bond donors (Lipinski definition) is 1. The van der Waals surface area contributed by atoms with E-state index in [0.717, 1.165) is 5.56 Å². The van der Waals surface area contributed by atoms with Crippen molar-refractivity contribution >= 4 is 10.0 Å². The third kappa shape index (κ3) is 5.30. The zero-order valence-corrected chi connectivity index (χ0v) is 11.5. The van der Waals surface area contributed by atoms with E-state index in [0.29, 0.717) is 17.9 Å². The summed E-state index contributed by atoms with van der Waals surface area (Å²) in [5, 5.41) is 8.65. The van der Waals surface area contributed by atoms with Gasteiger partial charge in [-0.3, -0.25) is 0 Å². The highest BCUT2D eigenvalue weighted by atomic mass is 32.2. The average Bonchev–Trinajstić information content (AvgIpc) is 2.35. The van der Waals surface area contributed by atoms with E-state index in [9.17, 15) is 8.42 Å². The maximum atomic E-state index is 11.7. The van der Waals surface area contributed by atoms with Crippen LogP contribution in [0.25, 0.3) is 0 Å². The van der Waals surface area contributed by atoms with Crippen LogP contribution in [0.15, 0.2) is 24.3 Å². The second-order valence-corrected chi connectivity index (χ2v) is 6.56. The Morgan fingerprint density at radius 2 is 1.89 bits per heavy atom. The van der Waals surface area contributed by atoms with Crippen LogP contribution in [0.4, 0.5) is 0 Å². The Bertz CT molecular complexity index is 513. The topological polar surface area (TPSA) is 70.0 Å². The minimum absolute atomic E-state index is 0.154. The number of nitrogens with zero attached hydrogens (tertiary/aromatic N) is 1. The largest absolute Gasteiger partial charge is 0.212 e. The Kier molecular flexibility index (Phi) is 5.32. The Hall–Kier alpha value is -1.38. The van der Waals surface area contributed by atoms with E-state index in [2.05, 4.69) is 4.72 Å². The van der Waals surface area contributed by atoms with Crippen molar-refractivity contribution in [2.24, 2.45) is 5.92 Å². The molecule has 0 fully saturated rings. The van der Waals surface area contributed by atoms with Gasteiger partial charge in [-0.15, -0.1) is 0 Å². The molecule has 4 nitrogen and oxygen atoms in total. The van der Waals surface area contributed by atoms with Gasteiger partial charge in [-0.1, -0.05) is 26.0 Å². The Morgan fingerprint density at radius 3 is 2.39 bits per heavy atom. The highest BCUT2D eigenvalue weighted by molar-refractivity contribution is 7.89. The molecule has 5 heteroatoms. The monoisotopic (exact) mass is 266 g/mol. The summed E-state index contributed by atoms with van der Waals surface area (Å²) in [5.74, 6) is 0.525. The van der Waals surface area contributed by atoms with Gasteiger partial charge in [0.2, 0.25) is 10.0 Å². The summed E-state index contributed by atoms with van der Waals surface area (Å²) in [7, 11) is -3.21. The van der Waals surface area contributed by atoms with Crippen molar-refractivity contribution in [3.8, 4) is 6.07 Å². The van der Waals surface area contributed by atoms with Crippen molar-refractivity contribution in [2.45, 2.75) is 26.8 Å². The lowest BCUT2D eigenvalue weighted by molar-refractivity contribution is 0.561. The van der Waals surface area contributed by atoms with E-state index in [-0.39, 0.29) is 12.3 Å². The smallest absolute Gasteiger partial charge is 0.211 e. The van der Waals surface area contributed by atoms with Crippen LogP contribution < -0.4 is 4.72 Å². The molecule has 0 aliphatic rings. The lowest BCUT2D eigenvalue weighted by atomic mass is 10.1. The van der Waals surface area contributed by atoms with Crippen LogP contribution in [-0.4, -0.2) is 14.2 Å². The van der Waals surface area contributed by atoms with Crippen LogP contribution in [0.5, 0.6) is 0 Å². The molecule has 0 amide bonds. The molecule has 1 aromatic carbocycles. The molecule has 0 bridgehead atoms. The summed E-state index contributed by atoms with van der Waals surface area (Å²) in [4.78, 5) is 0. The van der Waals surface area contributed by atoms with E-state index in [1.165, 1.54) is 0 Å². The molecular weight excluding hydrogens is 248 g/mol. The third-order valence-electron chi connectivity index (χ3n) is 2.54. The summed E-state index contributed by atoms with van der Waals surface area (Å²) in [6, 6.07) is 8.88. The molecule has 0 saturated carbocycles. The molecule has 0 heterocycles. The number of hydrogen-bond acceptors (Lipinski definition) is 3. The lowest BCUT2D eigenvalue weighted by Crippen LogP contribution is -2.26. The zero-order valence-electron chi connectivity index (χ0n) is 10.7. The molecule has 1 aromatic rings. The van der Waals surface area contributed by atoms with Gasteiger partial charge in [0.15, 0.2) is 0 Å². The van der Waals surface area contributed by atoms with Crippen LogP contribution in [0, 0.1) is 17.2 Å². The summed E-state index contributed by atoms with van der Waals surface area (Å²) in [6.45, 7) is 4.26. The van der Waals surface area contributed by atoms with Crippen molar-refractivity contribution in [1.29, 1.82) is 5.26 Å². The van der Waals surface area contributed by atoms with Crippen molar-refractivity contribution in [3.05, 3.63) is 35.4 Å². The SMILES string of the molecule is CC(C)CCS(=O)(=O)NCc1ccc(C#N)cc1. The highest BCUT2D eigenvalue weighted by Gasteiger charge is 2.10. The van der Waals surface area contributed by atoms with Gasteiger partial charge in [-0.2, -0.15) is 5.26 Å². The normalized spacial score (nSPS) is 11.4. The van der Waals surface area contributed by atoms with Crippen molar-refractivity contribution in [1.82, 2.24) is 4.72 Å². The molecule has 0 aromatic heterocycles. The fraction of sp³-hybridized carbons (Fsp3) is 0.462. The van der Waals surface area contributed by atoms with Crippen LogP contribution >= 0.6 is 0 Å². The third-order valence-corrected chi connectivity index (χ3v) is 3.90. The van der Waals surface area contributed by atoms with Gasteiger partial charge in [-0.25, -0.2) is 13.1 Å². The molecule has 1 rings (SSSR count). The molecule has 0 unspecified atom stereocenters. The zero-order chi connectivity index (χ0) is 13.6. The predicted molar refractivity (Wildman–Crippen MR) is 71.2 cm³/mol. The summed E-state index contributed by atoms with van der Waals surface area (Å²) in [6.07, 6.45) is 0.655. The summed E-state index contributed by atoms with van der Waals surface area (Å²) < 4.78 is 25.9. The second kappa shape index (κ2) is 6.53. The molecule has 0 saturated heterocycles. The number of rotatable bonds is 6. The van der Waals surface area contributed by atoms with Gasteiger partial charge < -0.3 is 0 Å². The first-order chi connectivity index (χ1) is 8.43. The molecule has 0 radical (unpaired) electrons. The second-order valence-electron chi connectivity index (χ2n) is 4.63. The maximum Gasteiger partial charge on any atom is 0.211 e. The molecule has 0 atom stereocenters. The first-order valence-corrected chi connectivity index (χ1v) is 7.54. The van der Waals surface area contributed by atoms with Gasteiger partial charge in [0.25, 0.3) is 0 Å². The van der Waals surface area contributed by atoms with E-state index in [1.807, 2.05) is 19.9 Å². The van der Waals surface area contributed by atoms with Gasteiger partial charge >= 0.3 is 0 Å². The van der Waals surface area contributed by atoms with Crippen LogP contribution in [-0.2, 0) is 16.6 Å². The Morgan fingerprint density at radius 1 is 1.28 bits per heavy atom. The van der Waals surface area contributed by atoms with E-state index < -0.39 is 10.0 Å². The van der Waals surface area contributed by atoms with Crippen molar-refractivity contribution < 1.29 is 8.42 Å². The van der Waals surface area contributed by atoms with Gasteiger partial charge in [0.05, 0.1) is 17.4 Å². The lowest BCUT2D eigenvalue weighted by Gasteiger charge is -2.08. The van der Waals surface area contributed by atoms with E-state index in [4.69, 9.17) is 5.26 Å². The minimum atomic E-state index is -3.21. The molecular formula is C13H18N2O2S. The fourth-order valence-corrected chi connectivity index (χ4v) is 2.67. The van der Waals surface area contributed by atoms with Gasteiger partial charge in [-0.05, 0) is 30.0 Å². The molecule has 0 aliphatic carbocycles. The molecule has 98 valence electrons. The summed E-state index contributed by atoms with van der Waals surface area (Å²) in [5.41, 5.74) is 1.42. The highest BCUT2D eigenvalue weighted by Crippen LogP contribution is 2.05. The van der Waals surface area contributed by atoms with E-state index >= 15 is 0 Å². The van der Waals surface area contributed by atoms with Crippen LogP contribution in [0.1, 0.15) is 31.4 Å². The van der Waals surface area contributed by atoms with E-state index in [1.54, 1.807) is 24.3 Å². The standard InChI is InChI=1S/C13H18N2O2S/c1-11(2)7-8-18(16,17)15-10-13-5-3-12(9-14)4-6-13/h3-6,11,15H,7-8,10H2,1-2H3. The van der Waals surface area contributed by atoms with Crippen LogP contribution in [0.2, 0.25) is 0 Å². The van der Waals surface area contributed by atoms with Crippen molar-refractivity contribution in [2.75, 3.05) is 5.75 Å². The fourth-order valence-electron chi connectivity index (χ4n) is 1.35. The molecule has 0 spiro atoms. The Labute approximate surface area is 109 Å². The summed E-state index contributed by atoms with van der Waals surface area (Å²) >= 11 is 0.